The molecule has 84 valence electrons. The summed E-state index contributed by atoms with van der Waals surface area (Å²) < 4.78 is 1.41. The van der Waals surface area contributed by atoms with E-state index >= 15 is 0 Å². The summed E-state index contributed by atoms with van der Waals surface area (Å²) in [4.78, 5) is 10.4. The van der Waals surface area contributed by atoms with Gasteiger partial charge in [-0.3, -0.25) is 9.48 Å². The second kappa shape index (κ2) is 5.38. The molecule has 0 amide bonds. The minimum atomic E-state index is -0.883. The van der Waals surface area contributed by atoms with Crippen molar-refractivity contribution in [2.45, 2.75) is 39.3 Å². The number of nitrogens with one attached hydrogen (secondary N) is 1. The molecule has 1 atom stereocenters. The molecular weight excluding hydrogens is 194 g/mol. The summed E-state index contributed by atoms with van der Waals surface area (Å²) in [6.45, 7) is 4.13. The quantitative estimate of drug-likeness (QED) is 0.749. The monoisotopic (exact) mass is 211 g/mol. The lowest BCUT2D eigenvalue weighted by Crippen LogP contribution is -2.14. The van der Waals surface area contributed by atoms with Crippen molar-refractivity contribution < 1.29 is 9.90 Å². The molecule has 5 nitrogen and oxygen atoms in total. The van der Waals surface area contributed by atoms with Crippen LogP contribution in [0.2, 0.25) is 0 Å². The van der Waals surface area contributed by atoms with Crippen LogP contribution in [0.4, 0.5) is 5.69 Å². The number of aromatic nitrogens is 2. The van der Waals surface area contributed by atoms with E-state index in [1.54, 1.807) is 12.4 Å². The van der Waals surface area contributed by atoms with Gasteiger partial charge in [-0.05, 0) is 13.3 Å². The van der Waals surface area contributed by atoms with Crippen molar-refractivity contribution in [2.24, 2.45) is 0 Å². The van der Waals surface area contributed by atoms with Gasteiger partial charge in [-0.1, -0.05) is 13.3 Å². The molecule has 0 aromatic carbocycles. The van der Waals surface area contributed by atoms with Crippen molar-refractivity contribution in [1.29, 1.82) is 0 Å². The van der Waals surface area contributed by atoms with E-state index < -0.39 is 5.97 Å². The first-order valence-electron chi connectivity index (χ1n) is 5.12. The van der Waals surface area contributed by atoms with Gasteiger partial charge in [0, 0.05) is 12.2 Å². The SMILES string of the molecule is CCCC(C)Nc1cnn(CC(=O)O)c1. The topological polar surface area (TPSA) is 67.2 Å². The number of hydrogen-bond donors (Lipinski definition) is 2. The molecule has 1 aromatic heterocycles. The standard InChI is InChI=1S/C10H17N3O2/c1-3-4-8(2)12-9-5-11-13(6-9)7-10(14)15/h5-6,8,12H,3-4,7H2,1-2H3,(H,14,15). The van der Waals surface area contributed by atoms with Crippen molar-refractivity contribution in [3.05, 3.63) is 12.4 Å². The molecule has 0 spiro atoms. The van der Waals surface area contributed by atoms with Crippen LogP contribution in [0.25, 0.3) is 0 Å². The second-order valence-corrected chi connectivity index (χ2v) is 3.65. The van der Waals surface area contributed by atoms with Crippen LogP contribution in [0.5, 0.6) is 0 Å². The normalized spacial score (nSPS) is 12.4. The molecule has 0 aliphatic carbocycles. The highest BCUT2D eigenvalue weighted by atomic mass is 16.4. The molecule has 5 heteroatoms. The predicted octanol–water partition coefficient (Wildman–Crippen LogP) is 1.57. The minimum absolute atomic E-state index is 0.0934. The smallest absolute Gasteiger partial charge is 0.325 e. The molecule has 1 unspecified atom stereocenters. The first kappa shape index (κ1) is 11.6. The molecule has 1 heterocycles. The van der Waals surface area contributed by atoms with Gasteiger partial charge >= 0.3 is 5.97 Å². The van der Waals surface area contributed by atoms with E-state index in [4.69, 9.17) is 5.11 Å². The summed E-state index contributed by atoms with van der Waals surface area (Å²) in [5.74, 6) is -0.883. The Morgan fingerprint density at radius 2 is 2.47 bits per heavy atom. The van der Waals surface area contributed by atoms with Gasteiger partial charge in [0.1, 0.15) is 6.54 Å². The van der Waals surface area contributed by atoms with E-state index in [-0.39, 0.29) is 6.54 Å². The third kappa shape index (κ3) is 4.01. The van der Waals surface area contributed by atoms with Crippen LogP contribution in [0.3, 0.4) is 0 Å². The Hall–Kier alpha value is -1.52. The van der Waals surface area contributed by atoms with Gasteiger partial charge in [0.2, 0.25) is 0 Å². The largest absolute Gasteiger partial charge is 0.480 e. The lowest BCUT2D eigenvalue weighted by atomic mass is 10.2. The van der Waals surface area contributed by atoms with E-state index in [9.17, 15) is 4.79 Å². The molecule has 0 fully saturated rings. The Balaban J connectivity index is 2.48. The van der Waals surface area contributed by atoms with Crippen LogP contribution < -0.4 is 5.32 Å². The van der Waals surface area contributed by atoms with Gasteiger partial charge in [-0.25, -0.2) is 0 Å². The van der Waals surface area contributed by atoms with Crippen LogP contribution in [0.15, 0.2) is 12.4 Å². The van der Waals surface area contributed by atoms with E-state index in [0.717, 1.165) is 18.5 Å². The third-order valence-corrected chi connectivity index (χ3v) is 2.07. The molecule has 0 bridgehead atoms. The van der Waals surface area contributed by atoms with Gasteiger partial charge in [0.25, 0.3) is 0 Å². The zero-order chi connectivity index (χ0) is 11.3. The molecule has 1 aromatic rings. The highest BCUT2D eigenvalue weighted by molar-refractivity contribution is 5.66. The Morgan fingerprint density at radius 1 is 1.73 bits per heavy atom. The number of hydrogen-bond acceptors (Lipinski definition) is 3. The molecular formula is C10H17N3O2. The minimum Gasteiger partial charge on any atom is -0.480 e. The summed E-state index contributed by atoms with van der Waals surface area (Å²) in [5, 5.41) is 15.8. The molecule has 15 heavy (non-hydrogen) atoms. The summed E-state index contributed by atoms with van der Waals surface area (Å²) >= 11 is 0. The predicted molar refractivity (Wildman–Crippen MR) is 57.9 cm³/mol. The van der Waals surface area contributed by atoms with E-state index in [1.807, 2.05) is 0 Å². The van der Waals surface area contributed by atoms with E-state index in [1.165, 1.54) is 4.68 Å². The van der Waals surface area contributed by atoms with Crippen molar-refractivity contribution in [3.8, 4) is 0 Å². The third-order valence-electron chi connectivity index (χ3n) is 2.07. The zero-order valence-corrected chi connectivity index (χ0v) is 9.10. The lowest BCUT2D eigenvalue weighted by molar-refractivity contribution is -0.137. The Morgan fingerprint density at radius 3 is 3.07 bits per heavy atom. The number of carboxylic acid groups (broad SMARTS) is 1. The summed E-state index contributed by atoms with van der Waals surface area (Å²) in [5.41, 5.74) is 0.872. The number of carboxylic acids is 1. The van der Waals surface area contributed by atoms with Gasteiger partial charge in [-0.2, -0.15) is 5.10 Å². The molecule has 1 rings (SSSR count). The van der Waals surface area contributed by atoms with E-state index in [0.29, 0.717) is 6.04 Å². The molecule has 0 aliphatic rings. The number of aliphatic carboxylic acids is 1. The van der Waals surface area contributed by atoms with Crippen LogP contribution in [0, 0.1) is 0 Å². The maximum absolute atomic E-state index is 10.4. The van der Waals surface area contributed by atoms with Gasteiger partial charge in [0.05, 0.1) is 11.9 Å². The van der Waals surface area contributed by atoms with Crippen molar-refractivity contribution in [3.63, 3.8) is 0 Å². The number of anilines is 1. The molecule has 0 saturated carbocycles. The van der Waals surface area contributed by atoms with Crippen LogP contribution in [-0.2, 0) is 11.3 Å². The second-order valence-electron chi connectivity index (χ2n) is 3.65. The van der Waals surface area contributed by atoms with Gasteiger partial charge in [0.15, 0.2) is 0 Å². The number of nitrogens with zero attached hydrogens (tertiary/aromatic N) is 2. The number of carbonyl (C=O) groups is 1. The van der Waals surface area contributed by atoms with Gasteiger partial charge < -0.3 is 10.4 Å². The average molecular weight is 211 g/mol. The fourth-order valence-corrected chi connectivity index (χ4v) is 1.45. The van der Waals surface area contributed by atoms with E-state index in [2.05, 4.69) is 24.3 Å². The van der Waals surface area contributed by atoms with Crippen molar-refractivity contribution >= 4 is 11.7 Å². The Bertz CT molecular complexity index is 322. The molecule has 0 saturated heterocycles. The highest BCUT2D eigenvalue weighted by Gasteiger charge is 2.04. The van der Waals surface area contributed by atoms with Crippen LogP contribution >= 0.6 is 0 Å². The fraction of sp³-hybridized carbons (Fsp3) is 0.600. The maximum Gasteiger partial charge on any atom is 0.325 e. The van der Waals surface area contributed by atoms with Crippen LogP contribution in [0.1, 0.15) is 26.7 Å². The first-order valence-corrected chi connectivity index (χ1v) is 5.12. The molecule has 2 N–H and O–H groups in total. The van der Waals surface area contributed by atoms with Crippen molar-refractivity contribution in [1.82, 2.24) is 9.78 Å². The summed E-state index contributed by atoms with van der Waals surface area (Å²) in [6, 6.07) is 0.387. The maximum atomic E-state index is 10.4. The first-order chi connectivity index (χ1) is 7.11. The lowest BCUT2D eigenvalue weighted by Gasteiger charge is -2.11. The van der Waals surface area contributed by atoms with Crippen molar-refractivity contribution in [2.75, 3.05) is 5.32 Å². The summed E-state index contributed by atoms with van der Waals surface area (Å²) in [6.07, 6.45) is 5.57. The zero-order valence-electron chi connectivity index (χ0n) is 9.10. The highest BCUT2D eigenvalue weighted by Crippen LogP contribution is 2.09. The van der Waals surface area contributed by atoms with Gasteiger partial charge in [-0.15, -0.1) is 0 Å². The Labute approximate surface area is 89.1 Å². The Kier molecular flexibility index (Phi) is 4.15. The fourth-order valence-electron chi connectivity index (χ4n) is 1.45. The van der Waals surface area contributed by atoms with Crippen LogP contribution in [-0.4, -0.2) is 26.9 Å². The molecule has 0 aliphatic heterocycles. The average Bonchev–Trinajstić information content (AvgIpc) is 2.51. The summed E-state index contributed by atoms with van der Waals surface area (Å²) in [7, 11) is 0. The number of rotatable bonds is 6. The molecule has 0 radical (unpaired) electrons.